The Balaban J connectivity index is 1.34. The molecule has 5 rings (SSSR count). The molecule has 1 saturated heterocycles. The molecule has 10 nitrogen and oxygen atoms in total. The first-order valence-electron chi connectivity index (χ1n) is 13.3. The number of carbonyl (C=O) groups excluding carboxylic acids is 2. The number of hydrogen-bond acceptors (Lipinski definition) is 6. The zero-order chi connectivity index (χ0) is 31.1. The van der Waals surface area contributed by atoms with Gasteiger partial charge in [0.1, 0.15) is 23.3 Å². The monoisotopic (exact) mass is 599 g/mol. The fourth-order valence-electron chi connectivity index (χ4n) is 4.91. The van der Waals surface area contributed by atoms with E-state index in [1.807, 2.05) is 26.8 Å². The summed E-state index contributed by atoms with van der Waals surface area (Å²) in [6.45, 7) is 6.40. The molecule has 3 amide bonds. The topological polar surface area (TPSA) is 127 Å². The molecule has 1 unspecified atom stereocenters. The molecule has 43 heavy (non-hydrogen) atoms. The van der Waals surface area contributed by atoms with Crippen molar-refractivity contribution in [3.05, 3.63) is 71.9 Å². The maximum atomic E-state index is 14.0. The molecule has 226 valence electrons. The number of likely N-dealkylation sites (tertiary alicyclic amines) is 1. The van der Waals surface area contributed by atoms with Crippen LogP contribution in [0.25, 0.3) is 16.6 Å². The van der Waals surface area contributed by atoms with Crippen LogP contribution in [0.15, 0.2) is 54.9 Å². The van der Waals surface area contributed by atoms with Gasteiger partial charge in [-0.15, -0.1) is 0 Å². The number of carbonyl (C=O) groups is 2. The minimum atomic E-state index is -4.69. The van der Waals surface area contributed by atoms with Crippen molar-refractivity contribution in [2.75, 3.05) is 29.5 Å². The van der Waals surface area contributed by atoms with Crippen molar-refractivity contribution in [3.63, 3.8) is 0 Å². The maximum Gasteiger partial charge on any atom is 0.416 e. The number of nitrogens with two attached hydrogens (primary N) is 1. The van der Waals surface area contributed by atoms with Gasteiger partial charge in [0.15, 0.2) is 5.82 Å². The SMILES string of the molecule is CC(C)(C)OC(=O)N1CCC(c2cc(-c3ccc(NC(=O)Nc4cc(C(F)(F)F)ccc4F)cc3)c3c(N)ncnn23)C1. The Bertz CT molecular complexity index is 1680. The van der Waals surface area contributed by atoms with Crippen molar-refractivity contribution in [3.8, 4) is 11.1 Å². The van der Waals surface area contributed by atoms with E-state index >= 15 is 0 Å². The quantitative estimate of drug-likeness (QED) is 0.230. The number of alkyl halides is 3. The summed E-state index contributed by atoms with van der Waals surface area (Å²) in [5.74, 6) is -0.793. The van der Waals surface area contributed by atoms with E-state index in [1.165, 1.54) is 6.33 Å². The third kappa shape index (κ3) is 6.47. The van der Waals surface area contributed by atoms with Crippen LogP contribution in [-0.2, 0) is 10.9 Å². The van der Waals surface area contributed by atoms with Gasteiger partial charge in [-0.3, -0.25) is 0 Å². The number of halogens is 4. The summed E-state index contributed by atoms with van der Waals surface area (Å²) in [5.41, 5.74) is 7.12. The average molecular weight is 600 g/mol. The third-order valence-electron chi connectivity index (χ3n) is 6.86. The van der Waals surface area contributed by atoms with E-state index in [4.69, 9.17) is 10.5 Å². The molecule has 1 aliphatic heterocycles. The van der Waals surface area contributed by atoms with Crippen LogP contribution in [0.4, 0.5) is 44.3 Å². The van der Waals surface area contributed by atoms with Crippen LogP contribution in [0.1, 0.15) is 44.4 Å². The predicted molar refractivity (Wildman–Crippen MR) is 152 cm³/mol. The Morgan fingerprint density at radius 3 is 2.44 bits per heavy atom. The van der Waals surface area contributed by atoms with Crippen molar-refractivity contribution in [1.29, 1.82) is 0 Å². The maximum absolute atomic E-state index is 14.0. The van der Waals surface area contributed by atoms with Gasteiger partial charge in [0, 0.05) is 36.0 Å². The number of nitrogens with one attached hydrogen (secondary N) is 2. The molecule has 2 aromatic heterocycles. The summed E-state index contributed by atoms with van der Waals surface area (Å²) in [6, 6.07) is 9.38. The van der Waals surface area contributed by atoms with Gasteiger partial charge in [0.05, 0.1) is 11.3 Å². The first-order valence-corrected chi connectivity index (χ1v) is 13.3. The number of anilines is 3. The molecule has 1 aliphatic rings. The molecule has 2 aromatic carbocycles. The van der Waals surface area contributed by atoms with E-state index in [9.17, 15) is 27.2 Å². The lowest BCUT2D eigenvalue weighted by Gasteiger charge is -2.24. The molecule has 0 saturated carbocycles. The van der Waals surface area contributed by atoms with Gasteiger partial charge in [-0.05, 0) is 69.2 Å². The second-order valence-corrected chi connectivity index (χ2v) is 11.1. The van der Waals surface area contributed by atoms with Gasteiger partial charge in [-0.2, -0.15) is 18.3 Å². The van der Waals surface area contributed by atoms with E-state index in [1.54, 1.807) is 33.7 Å². The fraction of sp³-hybridized carbons (Fsp3) is 0.310. The molecule has 3 heterocycles. The highest BCUT2D eigenvalue weighted by Gasteiger charge is 2.33. The molecule has 4 N–H and O–H groups in total. The van der Waals surface area contributed by atoms with E-state index in [0.717, 1.165) is 16.8 Å². The van der Waals surface area contributed by atoms with Crippen LogP contribution in [-0.4, -0.2) is 50.3 Å². The van der Waals surface area contributed by atoms with Gasteiger partial charge in [-0.25, -0.2) is 23.5 Å². The van der Waals surface area contributed by atoms with Gasteiger partial charge in [0.2, 0.25) is 0 Å². The van der Waals surface area contributed by atoms with Gasteiger partial charge in [0.25, 0.3) is 0 Å². The number of fused-ring (bicyclic) bond motifs is 1. The Morgan fingerprint density at radius 2 is 1.77 bits per heavy atom. The molecule has 0 bridgehead atoms. The normalized spacial score (nSPS) is 15.5. The predicted octanol–water partition coefficient (Wildman–Crippen LogP) is 6.50. The molecule has 4 aromatic rings. The van der Waals surface area contributed by atoms with Crippen molar-refractivity contribution in [1.82, 2.24) is 19.5 Å². The molecule has 14 heteroatoms. The van der Waals surface area contributed by atoms with E-state index in [0.29, 0.717) is 48.9 Å². The average Bonchev–Trinajstić information content (AvgIpc) is 3.55. The molecule has 0 aliphatic carbocycles. The number of amides is 3. The second kappa shape index (κ2) is 11.1. The van der Waals surface area contributed by atoms with Gasteiger partial charge < -0.3 is 26.0 Å². The minimum Gasteiger partial charge on any atom is -0.444 e. The number of nitrogens with zero attached hydrogens (tertiary/aromatic N) is 4. The van der Waals surface area contributed by atoms with Crippen molar-refractivity contribution < 1.29 is 31.9 Å². The lowest BCUT2D eigenvalue weighted by Crippen LogP contribution is -2.35. The number of urea groups is 1. The summed E-state index contributed by atoms with van der Waals surface area (Å²) in [7, 11) is 0. The van der Waals surface area contributed by atoms with E-state index in [2.05, 4.69) is 20.7 Å². The number of aromatic nitrogens is 3. The summed E-state index contributed by atoms with van der Waals surface area (Å²) in [5, 5.41) is 9.00. The summed E-state index contributed by atoms with van der Waals surface area (Å²) >= 11 is 0. The summed E-state index contributed by atoms with van der Waals surface area (Å²) in [4.78, 5) is 30.8. The van der Waals surface area contributed by atoms with E-state index < -0.39 is 34.9 Å². The zero-order valence-corrected chi connectivity index (χ0v) is 23.5. The van der Waals surface area contributed by atoms with Crippen molar-refractivity contribution >= 4 is 34.8 Å². The number of nitrogen functional groups attached to an aromatic ring is 1. The number of benzene rings is 2. The van der Waals surface area contributed by atoms with Crippen molar-refractivity contribution in [2.45, 2.75) is 44.9 Å². The fourth-order valence-corrected chi connectivity index (χ4v) is 4.91. The lowest BCUT2D eigenvalue weighted by molar-refractivity contribution is -0.137. The molecular formula is C29H29F4N7O3. The highest BCUT2D eigenvalue weighted by Crippen LogP contribution is 2.37. The van der Waals surface area contributed by atoms with E-state index in [-0.39, 0.29) is 17.8 Å². The summed E-state index contributed by atoms with van der Waals surface area (Å²) in [6.07, 6.45) is -3.02. The molecule has 0 spiro atoms. The third-order valence-corrected chi connectivity index (χ3v) is 6.86. The van der Waals surface area contributed by atoms with Gasteiger partial charge in [-0.1, -0.05) is 12.1 Å². The Labute approximate surface area is 243 Å². The molecule has 0 radical (unpaired) electrons. The Morgan fingerprint density at radius 1 is 1.05 bits per heavy atom. The van der Waals surface area contributed by atoms with Crippen LogP contribution in [0.2, 0.25) is 0 Å². The lowest BCUT2D eigenvalue weighted by atomic mass is 10.0. The second-order valence-electron chi connectivity index (χ2n) is 11.1. The smallest absolute Gasteiger partial charge is 0.416 e. The number of ether oxygens (including phenoxy) is 1. The number of rotatable bonds is 4. The largest absolute Gasteiger partial charge is 0.444 e. The minimum absolute atomic E-state index is 0.0380. The van der Waals surface area contributed by atoms with Crippen LogP contribution in [0.5, 0.6) is 0 Å². The highest BCUT2D eigenvalue weighted by molar-refractivity contribution is 6.00. The van der Waals surface area contributed by atoms with Crippen LogP contribution in [0.3, 0.4) is 0 Å². The van der Waals surface area contributed by atoms with Crippen molar-refractivity contribution in [2.24, 2.45) is 0 Å². The van der Waals surface area contributed by atoms with Crippen LogP contribution < -0.4 is 16.4 Å². The summed E-state index contributed by atoms with van der Waals surface area (Å²) < 4.78 is 60.2. The molecule has 1 atom stereocenters. The highest BCUT2D eigenvalue weighted by atomic mass is 19.4. The Kier molecular flexibility index (Phi) is 7.63. The molecular weight excluding hydrogens is 570 g/mol. The first kappa shape index (κ1) is 29.6. The molecule has 1 fully saturated rings. The van der Waals surface area contributed by atoms with Gasteiger partial charge >= 0.3 is 18.3 Å². The van der Waals surface area contributed by atoms with Crippen LogP contribution >= 0.6 is 0 Å². The first-order chi connectivity index (χ1) is 20.2. The number of hydrogen-bond donors (Lipinski definition) is 3. The zero-order valence-electron chi connectivity index (χ0n) is 23.5. The van der Waals surface area contributed by atoms with Crippen LogP contribution in [0, 0.1) is 5.82 Å². The Hall–Kier alpha value is -4.88. The standard InChI is InChI=1S/C29H29F4N7O3/c1-28(2,3)43-27(42)39-11-10-17(14-39)23-13-20(24-25(34)35-15-36-40(23)24)16-4-7-19(8-5-16)37-26(41)38-22-12-18(29(31,32)33)6-9-21(22)30/h4-9,12-13,15,17H,10-11,14H2,1-3H3,(H2,34,35,36)(H2,37,38,41).